The summed E-state index contributed by atoms with van der Waals surface area (Å²) in [6.45, 7) is 0.151. The molecule has 0 atom stereocenters. The van der Waals surface area contributed by atoms with Gasteiger partial charge in [0, 0.05) is 7.05 Å². The average molecular weight is 194 g/mol. The van der Waals surface area contributed by atoms with Crippen molar-refractivity contribution in [1.29, 1.82) is 0 Å². The molecule has 14 heavy (non-hydrogen) atoms. The Kier molecular flexibility index (Phi) is 2.25. The molecule has 1 heterocycles. The van der Waals surface area contributed by atoms with E-state index in [1.165, 1.54) is 0 Å². The number of hydrogen-bond acceptors (Lipinski definition) is 5. The number of aliphatic hydroxyl groups excluding tert-OH is 1. The van der Waals surface area contributed by atoms with Crippen molar-refractivity contribution in [3.63, 3.8) is 0 Å². The molecular formula is C9H14N4O. The van der Waals surface area contributed by atoms with E-state index in [0.717, 1.165) is 18.7 Å². The van der Waals surface area contributed by atoms with Gasteiger partial charge in [0.1, 0.15) is 11.6 Å². The van der Waals surface area contributed by atoms with E-state index in [1.54, 1.807) is 19.4 Å². The summed E-state index contributed by atoms with van der Waals surface area (Å²) in [6.07, 6.45) is 5.31. The first kappa shape index (κ1) is 9.21. The Morgan fingerprint density at radius 1 is 1.43 bits per heavy atom. The summed E-state index contributed by atoms with van der Waals surface area (Å²) in [6, 6.07) is 0. The van der Waals surface area contributed by atoms with Gasteiger partial charge in [-0.2, -0.15) is 0 Å². The molecule has 0 aliphatic heterocycles. The molecule has 1 saturated carbocycles. The molecule has 0 radical (unpaired) electrons. The van der Waals surface area contributed by atoms with E-state index in [0.29, 0.717) is 5.82 Å². The van der Waals surface area contributed by atoms with E-state index in [1.807, 2.05) is 0 Å². The summed E-state index contributed by atoms with van der Waals surface area (Å²) >= 11 is 0. The molecule has 76 valence electrons. The average Bonchev–Trinajstić information content (AvgIpc) is 2.99. The summed E-state index contributed by atoms with van der Waals surface area (Å²) in [5, 5.41) is 15.2. The van der Waals surface area contributed by atoms with Crippen molar-refractivity contribution in [2.45, 2.75) is 18.4 Å². The first-order valence-electron chi connectivity index (χ1n) is 4.67. The SMILES string of the molecule is CNc1cncc(NC2(CO)CC2)n1. The fraction of sp³-hybridized carbons (Fsp3) is 0.556. The third kappa shape index (κ3) is 1.77. The fourth-order valence-corrected chi connectivity index (χ4v) is 1.29. The standard InChI is InChI=1S/C9H14N4O/c1-10-7-4-11-5-8(12-7)13-9(6-14)2-3-9/h4-5,14H,2-3,6H2,1H3,(H2,10,12,13). The summed E-state index contributed by atoms with van der Waals surface area (Å²) in [5.41, 5.74) is -0.138. The highest BCUT2D eigenvalue weighted by molar-refractivity contribution is 5.44. The molecule has 1 aromatic rings. The van der Waals surface area contributed by atoms with Gasteiger partial charge in [-0.15, -0.1) is 0 Å². The molecule has 0 spiro atoms. The third-order valence-electron chi connectivity index (χ3n) is 2.44. The zero-order chi connectivity index (χ0) is 10.0. The van der Waals surface area contributed by atoms with Crippen molar-refractivity contribution in [2.24, 2.45) is 0 Å². The number of nitrogens with one attached hydrogen (secondary N) is 2. The Balaban J connectivity index is 2.09. The second-order valence-electron chi connectivity index (χ2n) is 3.60. The van der Waals surface area contributed by atoms with Crippen LogP contribution in [0.3, 0.4) is 0 Å². The highest BCUT2D eigenvalue weighted by Gasteiger charge is 2.42. The van der Waals surface area contributed by atoms with Gasteiger partial charge in [-0.05, 0) is 12.8 Å². The molecule has 0 bridgehead atoms. The zero-order valence-electron chi connectivity index (χ0n) is 8.12. The number of aliphatic hydroxyl groups is 1. The lowest BCUT2D eigenvalue weighted by molar-refractivity contribution is 0.266. The molecule has 0 amide bonds. The summed E-state index contributed by atoms with van der Waals surface area (Å²) in [4.78, 5) is 8.30. The summed E-state index contributed by atoms with van der Waals surface area (Å²) in [5.74, 6) is 1.44. The van der Waals surface area contributed by atoms with E-state index < -0.39 is 0 Å². The van der Waals surface area contributed by atoms with Crippen LogP contribution in [-0.2, 0) is 0 Å². The van der Waals surface area contributed by atoms with Crippen LogP contribution >= 0.6 is 0 Å². The zero-order valence-corrected chi connectivity index (χ0v) is 8.12. The molecule has 2 rings (SSSR count). The fourth-order valence-electron chi connectivity index (χ4n) is 1.29. The maximum atomic E-state index is 9.12. The van der Waals surface area contributed by atoms with Gasteiger partial charge in [0.15, 0.2) is 0 Å². The van der Waals surface area contributed by atoms with Crippen molar-refractivity contribution in [3.05, 3.63) is 12.4 Å². The van der Waals surface area contributed by atoms with Crippen molar-refractivity contribution in [2.75, 3.05) is 24.3 Å². The minimum Gasteiger partial charge on any atom is -0.394 e. The maximum Gasteiger partial charge on any atom is 0.147 e. The number of hydrogen-bond donors (Lipinski definition) is 3. The van der Waals surface area contributed by atoms with E-state index in [2.05, 4.69) is 20.6 Å². The van der Waals surface area contributed by atoms with Gasteiger partial charge in [-0.25, -0.2) is 4.98 Å². The van der Waals surface area contributed by atoms with Crippen LogP contribution in [-0.4, -0.2) is 34.3 Å². The van der Waals surface area contributed by atoms with E-state index in [-0.39, 0.29) is 12.1 Å². The lowest BCUT2D eigenvalue weighted by Crippen LogP contribution is -2.26. The van der Waals surface area contributed by atoms with E-state index >= 15 is 0 Å². The Bertz CT molecular complexity index is 324. The van der Waals surface area contributed by atoms with Gasteiger partial charge >= 0.3 is 0 Å². The lowest BCUT2D eigenvalue weighted by atomic mass is 10.3. The van der Waals surface area contributed by atoms with Gasteiger partial charge < -0.3 is 15.7 Å². The van der Waals surface area contributed by atoms with Crippen LogP contribution in [0.25, 0.3) is 0 Å². The first-order valence-corrected chi connectivity index (χ1v) is 4.67. The predicted molar refractivity (Wildman–Crippen MR) is 54.3 cm³/mol. The molecule has 5 heteroatoms. The van der Waals surface area contributed by atoms with Crippen molar-refractivity contribution < 1.29 is 5.11 Å². The van der Waals surface area contributed by atoms with Crippen molar-refractivity contribution in [1.82, 2.24) is 9.97 Å². The molecule has 0 unspecified atom stereocenters. The minimum absolute atomic E-state index is 0.138. The van der Waals surface area contributed by atoms with E-state index in [4.69, 9.17) is 5.11 Å². The van der Waals surface area contributed by atoms with E-state index in [9.17, 15) is 0 Å². The molecule has 1 aromatic heterocycles. The molecule has 1 aliphatic rings. The minimum atomic E-state index is -0.138. The lowest BCUT2D eigenvalue weighted by Gasteiger charge is -2.14. The predicted octanol–water partition coefficient (Wildman–Crippen LogP) is 0.455. The normalized spacial score (nSPS) is 17.6. The Hall–Kier alpha value is -1.36. The molecule has 3 N–H and O–H groups in total. The molecule has 5 nitrogen and oxygen atoms in total. The van der Waals surface area contributed by atoms with Crippen molar-refractivity contribution >= 4 is 11.6 Å². The van der Waals surface area contributed by atoms with Gasteiger partial charge in [-0.1, -0.05) is 0 Å². The van der Waals surface area contributed by atoms with Crippen LogP contribution in [0.1, 0.15) is 12.8 Å². The van der Waals surface area contributed by atoms with Gasteiger partial charge in [0.25, 0.3) is 0 Å². The Labute approximate surface area is 82.6 Å². The van der Waals surface area contributed by atoms with Crippen LogP contribution in [0.15, 0.2) is 12.4 Å². The topological polar surface area (TPSA) is 70.1 Å². The second-order valence-corrected chi connectivity index (χ2v) is 3.60. The van der Waals surface area contributed by atoms with Crippen molar-refractivity contribution in [3.8, 4) is 0 Å². The number of rotatable bonds is 4. The summed E-state index contributed by atoms with van der Waals surface area (Å²) in [7, 11) is 1.80. The first-order chi connectivity index (χ1) is 6.78. The van der Waals surface area contributed by atoms with Gasteiger partial charge in [0.05, 0.1) is 24.5 Å². The Morgan fingerprint density at radius 3 is 2.71 bits per heavy atom. The van der Waals surface area contributed by atoms with Gasteiger partial charge in [-0.3, -0.25) is 4.98 Å². The molecule has 1 fully saturated rings. The number of nitrogens with zero attached hydrogens (tertiary/aromatic N) is 2. The molecule has 0 saturated heterocycles. The largest absolute Gasteiger partial charge is 0.394 e. The number of aromatic nitrogens is 2. The van der Waals surface area contributed by atoms with Crippen LogP contribution in [0.4, 0.5) is 11.6 Å². The third-order valence-corrected chi connectivity index (χ3v) is 2.44. The monoisotopic (exact) mass is 194 g/mol. The summed E-state index contributed by atoms with van der Waals surface area (Å²) < 4.78 is 0. The van der Waals surface area contributed by atoms with Crippen LogP contribution in [0.5, 0.6) is 0 Å². The second kappa shape index (κ2) is 3.42. The van der Waals surface area contributed by atoms with Crippen LogP contribution in [0, 0.1) is 0 Å². The highest BCUT2D eigenvalue weighted by Crippen LogP contribution is 2.37. The van der Waals surface area contributed by atoms with Crippen LogP contribution in [0.2, 0.25) is 0 Å². The quantitative estimate of drug-likeness (QED) is 0.649. The maximum absolute atomic E-state index is 9.12. The van der Waals surface area contributed by atoms with Gasteiger partial charge in [0.2, 0.25) is 0 Å². The number of anilines is 2. The smallest absolute Gasteiger partial charge is 0.147 e. The highest BCUT2D eigenvalue weighted by atomic mass is 16.3. The Morgan fingerprint density at radius 2 is 2.14 bits per heavy atom. The van der Waals surface area contributed by atoms with Crippen LogP contribution < -0.4 is 10.6 Å². The molecule has 0 aromatic carbocycles. The molecular weight excluding hydrogens is 180 g/mol. The molecule has 1 aliphatic carbocycles.